The van der Waals surface area contributed by atoms with Crippen molar-refractivity contribution in [1.82, 2.24) is 20.0 Å². The maximum absolute atomic E-state index is 5.81. The van der Waals surface area contributed by atoms with Gasteiger partial charge in [0, 0.05) is 32.6 Å². The zero-order valence-electron chi connectivity index (χ0n) is 8.42. The summed E-state index contributed by atoms with van der Waals surface area (Å²) in [5.74, 6) is 0.725. The Morgan fingerprint density at radius 2 is 2.13 bits per heavy atom. The van der Waals surface area contributed by atoms with E-state index >= 15 is 0 Å². The van der Waals surface area contributed by atoms with Gasteiger partial charge in [-0.05, 0) is 6.07 Å². The maximum atomic E-state index is 5.81. The summed E-state index contributed by atoms with van der Waals surface area (Å²) in [5.41, 5.74) is 0.810. The van der Waals surface area contributed by atoms with E-state index in [1.165, 1.54) is 0 Å². The first-order valence-electron chi connectivity index (χ1n) is 4.39. The van der Waals surface area contributed by atoms with Crippen LogP contribution in [0, 0.1) is 0 Å². The quantitative estimate of drug-likeness (QED) is 0.772. The first-order valence-corrected chi connectivity index (χ1v) is 4.77. The standard InChI is InChI=1S/C9H10ClN5/c1-14(2)9-7(6-8(10)12-13-9)15-5-3-4-11-15/h3-6H,1-2H3. The number of halogens is 1. The Morgan fingerprint density at radius 3 is 2.73 bits per heavy atom. The fourth-order valence-electron chi connectivity index (χ4n) is 1.25. The molecule has 0 bridgehead atoms. The molecule has 0 saturated carbocycles. The van der Waals surface area contributed by atoms with Crippen LogP contribution >= 0.6 is 11.6 Å². The van der Waals surface area contributed by atoms with Crippen molar-refractivity contribution in [3.05, 3.63) is 29.7 Å². The van der Waals surface area contributed by atoms with Gasteiger partial charge in [-0.3, -0.25) is 0 Å². The highest BCUT2D eigenvalue weighted by Crippen LogP contribution is 2.20. The monoisotopic (exact) mass is 223 g/mol. The number of anilines is 1. The van der Waals surface area contributed by atoms with E-state index < -0.39 is 0 Å². The Kier molecular flexibility index (Phi) is 2.55. The van der Waals surface area contributed by atoms with E-state index in [9.17, 15) is 0 Å². The second-order valence-electron chi connectivity index (χ2n) is 3.22. The van der Waals surface area contributed by atoms with Gasteiger partial charge < -0.3 is 4.90 Å². The van der Waals surface area contributed by atoms with Crippen LogP contribution in [0.5, 0.6) is 0 Å². The van der Waals surface area contributed by atoms with Gasteiger partial charge in [0.05, 0.1) is 0 Å². The minimum atomic E-state index is 0.353. The SMILES string of the molecule is CN(C)c1nnc(Cl)cc1-n1cccn1. The van der Waals surface area contributed by atoms with Crippen LogP contribution in [0.4, 0.5) is 5.82 Å². The first kappa shape index (κ1) is 9.92. The lowest BCUT2D eigenvalue weighted by atomic mass is 10.4. The minimum Gasteiger partial charge on any atom is -0.359 e. The van der Waals surface area contributed by atoms with E-state index in [0.717, 1.165) is 11.5 Å². The molecule has 0 aliphatic rings. The lowest BCUT2D eigenvalue weighted by Crippen LogP contribution is -2.15. The van der Waals surface area contributed by atoms with Crippen molar-refractivity contribution in [2.24, 2.45) is 0 Å². The molecule has 0 spiro atoms. The molecule has 0 N–H and O–H groups in total. The molecular weight excluding hydrogens is 214 g/mol. The molecule has 0 unspecified atom stereocenters. The molecular formula is C9H10ClN5. The molecule has 6 heteroatoms. The predicted octanol–water partition coefficient (Wildman–Crippen LogP) is 1.38. The number of rotatable bonds is 2. The summed E-state index contributed by atoms with van der Waals surface area (Å²) in [6, 6.07) is 3.57. The molecule has 2 heterocycles. The second kappa shape index (κ2) is 3.86. The molecule has 0 aliphatic heterocycles. The zero-order valence-corrected chi connectivity index (χ0v) is 9.18. The third-order valence-electron chi connectivity index (χ3n) is 1.90. The Balaban J connectivity index is 2.58. The molecule has 0 atom stereocenters. The number of hydrogen-bond donors (Lipinski definition) is 0. The largest absolute Gasteiger partial charge is 0.359 e. The van der Waals surface area contributed by atoms with Crippen LogP contribution in [0.1, 0.15) is 0 Å². The van der Waals surface area contributed by atoms with Gasteiger partial charge >= 0.3 is 0 Å². The molecule has 15 heavy (non-hydrogen) atoms. The van der Waals surface area contributed by atoms with E-state index in [1.54, 1.807) is 16.9 Å². The molecule has 0 amide bonds. The summed E-state index contributed by atoms with van der Waals surface area (Å²) in [4.78, 5) is 1.86. The lowest BCUT2D eigenvalue weighted by Gasteiger charge is -2.14. The molecule has 2 aromatic rings. The van der Waals surface area contributed by atoms with Gasteiger partial charge in [-0.15, -0.1) is 10.2 Å². The second-order valence-corrected chi connectivity index (χ2v) is 3.61. The molecule has 2 aromatic heterocycles. The van der Waals surface area contributed by atoms with Gasteiger partial charge in [-0.1, -0.05) is 11.6 Å². The molecule has 5 nitrogen and oxygen atoms in total. The summed E-state index contributed by atoms with van der Waals surface area (Å²) < 4.78 is 1.70. The molecule has 78 valence electrons. The summed E-state index contributed by atoms with van der Waals surface area (Å²) in [6.07, 6.45) is 3.54. The van der Waals surface area contributed by atoms with Gasteiger partial charge in [0.25, 0.3) is 0 Å². The van der Waals surface area contributed by atoms with Gasteiger partial charge in [0.15, 0.2) is 11.0 Å². The van der Waals surface area contributed by atoms with E-state index in [2.05, 4.69) is 15.3 Å². The summed E-state index contributed by atoms with van der Waals surface area (Å²) >= 11 is 5.81. The summed E-state index contributed by atoms with van der Waals surface area (Å²) in [6.45, 7) is 0. The smallest absolute Gasteiger partial charge is 0.176 e. The number of nitrogens with zero attached hydrogens (tertiary/aromatic N) is 5. The predicted molar refractivity (Wildman–Crippen MR) is 58.5 cm³/mol. The average molecular weight is 224 g/mol. The van der Waals surface area contributed by atoms with Crippen molar-refractivity contribution < 1.29 is 0 Å². The fraction of sp³-hybridized carbons (Fsp3) is 0.222. The first-order chi connectivity index (χ1) is 7.18. The topological polar surface area (TPSA) is 46.8 Å². The van der Waals surface area contributed by atoms with Crippen molar-refractivity contribution >= 4 is 17.4 Å². The highest BCUT2D eigenvalue weighted by molar-refractivity contribution is 6.29. The van der Waals surface area contributed by atoms with Crippen LogP contribution in [0.15, 0.2) is 24.5 Å². The van der Waals surface area contributed by atoms with Crippen LogP contribution in [-0.2, 0) is 0 Å². The fourth-order valence-corrected chi connectivity index (χ4v) is 1.39. The zero-order chi connectivity index (χ0) is 10.8. The van der Waals surface area contributed by atoms with Crippen molar-refractivity contribution in [3.63, 3.8) is 0 Å². The normalized spacial score (nSPS) is 10.3. The van der Waals surface area contributed by atoms with Crippen molar-refractivity contribution in [2.45, 2.75) is 0 Å². The van der Waals surface area contributed by atoms with Crippen LogP contribution in [0.2, 0.25) is 5.15 Å². The molecule has 2 rings (SSSR count). The minimum absolute atomic E-state index is 0.353. The highest BCUT2D eigenvalue weighted by Gasteiger charge is 2.10. The average Bonchev–Trinajstić information content (AvgIpc) is 2.69. The van der Waals surface area contributed by atoms with E-state index in [1.807, 2.05) is 31.3 Å². The molecule has 0 saturated heterocycles. The molecule has 0 aromatic carbocycles. The van der Waals surface area contributed by atoms with Crippen molar-refractivity contribution in [1.29, 1.82) is 0 Å². The van der Waals surface area contributed by atoms with Crippen molar-refractivity contribution in [2.75, 3.05) is 19.0 Å². The van der Waals surface area contributed by atoms with Gasteiger partial charge in [0.2, 0.25) is 0 Å². The van der Waals surface area contributed by atoms with Crippen molar-refractivity contribution in [3.8, 4) is 5.69 Å². The Labute approximate surface area is 92.3 Å². The highest BCUT2D eigenvalue weighted by atomic mass is 35.5. The van der Waals surface area contributed by atoms with Gasteiger partial charge in [0.1, 0.15) is 5.69 Å². The Hall–Kier alpha value is -1.62. The van der Waals surface area contributed by atoms with E-state index in [-0.39, 0.29) is 0 Å². The van der Waals surface area contributed by atoms with Gasteiger partial charge in [-0.25, -0.2) is 4.68 Å². The van der Waals surface area contributed by atoms with E-state index in [4.69, 9.17) is 11.6 Å². The van der Waals surface area contributed by atoms with Gasteiger partial charge in [-0.2, -0.15) is 5.10 Å². The van der Waals surface area contributed by atoms with Crippen LogP contribution in [0.3, 0.4) is 0 Å². The summed E-state index contributed by atoms with van der Waals surface area (Å²) in [5, 5.41) is 12.3. The summed E-state index contributed by atoms with van der Waals surface area (Å²) in [7, 11) is 3.79. The lowest BCUT2D eigenvalue weighted by molar-refractivity contribution is 0.845. The van der Waals surface area contributed by atoms with Crippen LogP contribution in [-0.4, -0.2) is 34.1 Å². The van der Waals surface area contributed by atoms with Crippen LogP contribution < -0.4 is 4.90 Å². The third kappa shape index (κ3) is 1.92. The Morgan fingerprint density at radius 1 is 1.33 bits per heavy atom. The molecule has 0 fully saturated rings. The maximum Gasteiger partial charge on any atom is 0.176 e. The third-order valence-corrected chi connectivity index (χ3v) is 2.08. The number of aromatic nitrogens is 4. The van der Waals surface area contributed by atoms with E-state index in [0.29, 0.717) is 5.15 Å². The Bertz CT molecular complexity index is 452. The number of hydrogen-bond acceptors (Lipinski definition) is 4. The molecule has 0 aliphatic carbocycles. The molecule has 0 radical (unpaired) electrons. The van der Waals surface area contributed by atoms with Crippen LogP contribution in [0.25, 0.3) is 5.69 Å².